The second-order valence-corrected chi connectivity index (χ2v) is 8.89. The average Bonchev–Trinajstić information content (AvgIpc) is 2.89. The number of aliphatic carboxylic acids is 2. The molecule has 3 rings (SSSR count). The summed E-state index contributed by atoms with van der Waals surface area (Å²) in [6.45, 7) is 5.36. The number of nitrogens with two attached hydrogens (primary N) is 1. The number of hydrogen-bond acceptors (Lipinski definition) is 9. The largest absolute Gasteiger partial charge is 0.481 e. The SMILES string of the molecule is CCC([C@H](NC(=O)c1ccc(NCc2cnc3nc(N)[nH]c(=O)c3n2)cc1)C(=O)O)C(CC)(CC)C(=O)O. The maximum absolute atomic E-state index is 12.9. The number of fused-ring (bicyclic) bond motifs is 1. The molecular weight excluding hydrogens is 494 g/mol. The van der Waals surface area contributed by atoms with E-state index in [1.54, 1.807) is 32.9 Å². The lowest BCUT2D eigenvalue weighted by molar-refractivity contribution is -0.157. The lowest BCUT2D eigenvalue weighted by Gasteiger charge is -2.38. The number of aromatic nitrogens is 4. The number of nitrogen functional groups attached to an aromatic ring is 1. The molecule has 1 amide bonds. The molecule has 0 aliphatic rings. The molecule has 7 N–H and O–H groups in total. The first kappa shape index (κ1) is 28.0. The topological polar surface area (TPSA) is 213 Å². The molecule has 38 heavy (non-hydrogen) atoms. The first-order chi connectivity index (χ1) is 18.1. The zero-order valence-electron chi connectivity index (χ0n) is 21.3. The van der Waals surface area contributed by atoms with Crippen molar-refractivity contribution in [2.24, 2.45) is 11.3 Å². The number of hydrogen-bond donors (Lipinski definition) is 6. The number of rotatable bonds is 12. The Hall–Kier alpha value is -4.55. The average molecular weight is 526 g/mol. The van der Waals surface area contributed by atoms with Crippen LogP contribution < -0.4 is 21.9 Å². The van der Waals surface area contributed by atoms with Crippen LogP contribution in [0.4, 0.5) is 11.6 Å². The van der Waals surface area contributed by atoms with Gasteiger partial charge in [0.25, 0.3) is 11.5 Å². The highest BCUT2D eigenvalue weighted by Crippen LogP contribution is 2.40. The van der Waals surface area contributed by atoms with Gasteiger partial charge in [-0.25, -0.2) is 14.8 Å². The van der Waals surface area contributed by atoms with E-state index in [-0.39, 0.29) is 48.5 Å². The van der Waals surface area contributed by atoms with Crippen LogP contribution in [0.1, 0.15) is 56.1 Å². The lowest BCUT2D eigenvalue weighted by atomic mass is 9.67. The second kappa shape index (κ2) is 11.7. The van der Waals surface area contributed by atoms with Gasteiger partial charge in [-0.05, 0) is 43.5 Å². The van der Waals surface area contributed by atoms with Crippen LogP contribution in [-0.4, -0.2) is 54.0 Å². The van der Waals surface area contributed by atoms with Crippen LogP contribution in [0.15, 0.2) is 35.3 Å². The van der Waals surface area contributed by atoms with Gasteiger partial charge in [-0.1, -0.05) is 20.8 Å². The Morgan fingerprint density at radius 3 is 2.29 bits per heavy atom. The summed E-state index contributed by atoms with van der Waals surface area (Å²) in [4.78, 5) is 63.8. The number of H-pyrrole nitrogens is 1. The van der Waals surface area contributed by atoms with Gasteiger partial charge < -0.3 is 26.6 Å². The van der Waals surface area contributed by atoms with Gasteiger partial charge in [0.2, 0.25) is 5.95 Å². The van der Waals surface area contributed by atoms with E-state index in [0.717, 1.165) is 0 Å². The van der Waals surface area contributed by atoms with Crippen molar-refractivity contribution in [3.63, 3.8) is 0 Å². The fraction of sp³-hybridized carbons (Fsp3) is 0.400. The normalized spacial score (nSPS) is 13.0. The minimum absolute atomic E-state index is 0.0522. The Balaban J connectivity index is 1.72. The van der Waals surface area contributed by atoms with Gasteiger partial charge in [-0.3, -0.25) is 19.4 Å². The van der Waals surface area contributed by atoms with Gasteiger partial charge in [0.15, 0.2) is 11.2 Å². The first-order valence-electron chi connectivity index (χ1n) is 12.2. The van der Waals surface area contributed by atoms with E-state index in [0.29, 0.717) is 11.4 Å². The third kappa shape index (κ3) is 5.71. The molecule has 2 aromatic heterocycles. The van der Waals surface area contributed by atoms with Crippen LogP contribution in [0.25, 0.3) is 11.2 Å². The summed E-state index contributed by atoms with van der Waals surface area (Å²) in [6, 6.07) is 4.92. The molecule has 0 saturated heterocycles. The molecule has 1 aromatic carbocycles. The zero-order chi connectivity index (χ0) is 28.0. The quantitative estimate of drug-likeness (QED) is 0.201. The Morgan fingerprint density at radius 2 is 1.74 bits per heavy atom. The summed E-state index contributed by atoms with van der Waals surface area (Å²) < 4.78 is 0. The molecule has 0 bridgehead atoms. The lowest BCUT2D eigenvalue weighted by Crippen LogP contribution is -2.53. The molecule has 2 atom stereocenters. The van der Waals surface area contributed by atoms with E-state index in [2.05, 4.69) is 30.6 Å². The van der Waals surface area contributed by atoms with Crippen LogP contribution in [0.5, 0.6) is 0 Å². The van der Waals surface area contributed by atoms with Crippen molar-refractivity contribution in [1.29, 1.82) is 0 Å². The van der Waals surface area contributed by atoms with Crippen molar-refractivity contribution in [2.45, 2.75) is 52.6 Å². The van der Waals surface area contributed by atoms with Crippen LogP contribution in [0.2, 0.25) is 0 Å². The molecule has 0 aliphatic heterocycles. The van der Waals surface area contributed by atoms with Crippen molar-refractivity contribution in [1.82, 2.24) is 25.3 Å². The monoisotopic (exact) mass is 525 g/mol. The van der Waals surface area contributed by atoms with E-state index in [4.69, 9.17) is 5.73 Å². The van der Waals surface area contributed by atoms with Crippen molar-refractivity contribution in [3.05, 3.63) is 52.1 Å². The third-order valence-corrected chi connectivity index (χ3v) is 6.90. The predicted octanol–water partition coefficient (Wildman–Crippen LogP) is 2.01. The molecule has 0 fully saturated rings. The Kier molecular flexibility index (Phi) is 8.61. The molecule has 0 saturated carbocycles. The number of carboxylic acid groups (broad SMARTS) is 2. The summed E-state index contributed by atoms with van der Waals surface area (Å²) in [5.74, 6) is -3.85. The van der Waals surface area contributed by atoms with Crippen LogP contribution >= 0.6 is 0 Å². The number of carbonyl (C=O) groups is 3. The molecule has 2 heterocycles. The summed E-state index contributed by atoms with van der Waals surface area (Å²) in [5.41, 5.74) is 5.24. The van der Waals surface area contributed by atoms with Crippen molar-refractivity contribution < 1.29 is 24.6 Å². The predicted molar refractivity (Wildman–Crippen MR) is 139 cm³/mol. The number of carboxylic acids is 2. The van der Waals surface area contributed by atoms with Crippen molar-refractivity contribution in [2.75, 3.05) is 11.1 Å². The minimum Gasteiger partial charge on any atom is -0.481 e. The highest BCUT2D eigenvalue weighted by atomic mass is 16.4. The zero-order valence-corrected chi connectivity index (χ0v) is 21.3. The van der Waals surface area contributed by atoms with E-state index in [1.807, 2.05) is 0 Å². The summed E-state index contributed by atoms with van der Waals surface area (Å²) >= 11 is 0. The number of amides is 1. The van der Waals surface area contributed by atoms with Crippen molar-refractivity contribution in [3.8, 4) is 0 Å². The molecule has 3 aromatic rings. The number of benzene rings is 1. The van der Waals surface area contributed by atoms with Gasteiger partial charge >= 0.3 is 11.9 Å². The molecule has 0 aliphatic carbocycles. The highest BCUT2D eigenvalue weighted by molar-refractivity contribution is 5.97. The van der Waals surface area contributed by atoms with Gasteiger partial charge in [-0.15, -0.1) is 0 Å². The summed E-state index contributed by atoms with van der Waals surface area (Å²) in [7, 11) is 0. The molecule has 0 spiro atoms. The number of anilines is 2. The van der Waals surface area contributed by atoms with Gasteiger partial charge in [0.1, 0.15) is 6.04 Å². The molecular formula is C25H31N7O6. The molecule has 0 radical (unpaired) electrons. The van der Waals surface area contributed by atoms with Crippen LogP contribution in [-0.2, 0) is 16.1 Å². The Labute approximate surface area is 217 Å². The molecule has 13 nitrogen and oxygen atoms in total. The van der Waals surface area contributed by atoms with E-state index in [1.165, 1.54) is 18.3 Å². The maximum Gasteiger partial charge on any atom is 0.326 e. The number of aromatic amines is 1. The molecule has 1 unspecified atom stereocenters. The van der Waals surface area contributed by atoms with Gasteiger partial charge in [0, 0.05) is 17.2 Å². The number of nitrogens with one attached hydrogen (secondary N) is 3. The fourth-order valence-corrected chi connectivity index (χ4v) is 4.73. The van der Waals surface area contributed by atoms with E-state index < -0.39 is 40.8 Å². The van der Waals surface area contributed by atoms with Crippen LogP contribution in [0, 0.1) is 11.3 Å². The Bertz CT molecular complexity index is 1390. The van der Waals surface area contributed by atoms with E-state index in [9.17, 15) is 29.4 Å². The smallest absolute Gasteiger partial charge is 0.326 e. The summed E-state index contributed by atoms with van der Waals surface area (Å²) in [6.07, 6.45) is 2.19. The van der Waals surface area contributed by atoms with Gasteiger partial charge in [0.05, 0.1) is 23.9 Å². The third-order valence-electron chi connectivity index (χ3n) is 6.90. The van der Waals surface area contributed by atoms with Gasteiger partial charge in [-0.2, -0.15) is 4.98 Å². The molecule has 13 heteroatoms. The first-order valence-corrected chi connectivity index (χ1v) is 12.2. The molecule has 202 valence electrons. The van der Waals surface area contributed by atoms with E-state index >= 15 is 0 Å². The number of carbonyl (C=O) groups excluding carboxylic acids is 1. The Morgan fingerprint density at radius 1 is 1.08 bits per heavy atom. The number of nitrogens with zero attached hydrogens (tertiary/aromatic N) is 3. The standard InChI is InChI=1S/C25H31N7O6/c1-4-16(25(5-2,6-3)23(37)38)17(22(35)36)30-20(33)13-7-9-14(10-8-13)27-11-15-12-28-19-18(29-15)21(34)32-24(26)31-19/h7-10,12,16-17,27H,4-6,11H2,1-3H3,(H,30,33)(H,35,36)(H,37,38)(H3,26,28,31,32,34)/t16?,17-/m0/s1. The summed E-state index contributed by atoms with van der Waals surface area (Å²) in [5, 5.41) is 25.4. The van der Waals surface area contributed by atoms with Crippen molar-refractivity contribution >= 4 is 40.6 Å². The van der Waals surface area contributed by atoms with Crippen LogP contribution in [0.3, 0.4) is 0 Å². The maximum atomic E-state index is 12.9. The second-order valence-electron chi connectivity index (χ2n) is 8.89. The fourth-order valence-electron chi connectivity index (χ4n) is 4.73. The highest BCUT2D eigenvalue weighted by Gasteiger charge is 2.48. The minimum atomic E-state index is -1.37.